The van der Waals surface area contributed by atoms with Crippen LogP contribution < -0.4 is 9.64 Å². The van der Waals surface area contributed by atoms with E-state index in [-0.39, 0.29) is 12.7 Å². The molecule has 1 saturated heterocycles. The van der Waals surface area contributed by atoms with Crippen molar-refractivity contribution in [2.75, 3.05) is 33.0 Å². The number of ether oxygens (including phenoxy) is 4. The molecule has 1 aromatic rings. The number of methoxy groups -OCH3 is 3. The second-order valence-electron chi connectivity index (χ2n) is 4.71. The number of nitrogens with zero attached hydrogens (tertiary/aromatic N) is 1. The minimum absolute atomic E-state index is 0.0182. The van der Waals surface area contributed by atoms with Gasteiger partial charge in [-0.2, -0.15) is 0 Å². The van der Waals surface area contributed by atoms with E-state index in [1.807, 2.05) is 0 Å². The van der Waals surface area contributed by atoms with E-state index < -0.39 is 18.2 Å². The zero-order valence-corrected chi connectivity index (χ0v) is 12.8. The quantitative estimate of drug-likeness (QED) is 0.428. The van der Waals surface area contributed by atoms with Gasteiger partial charge in [-0.25, -0.2) is 0 Å². The van der Waals surface area contributed by atoms with Crippen LogP contribution in [-0.4, -0.2) is 52.3 Å². The van der Waals surface area contributed by atoms with Gasteiger partial charge < -0.3 is 23.8 Å². The van der Waals surface area contributed by atoms with Gasteiger partial charge in [-0.05, 0) is 24.3 Å². The van der Waals surface area contributed by atoms with Crippen LogP contribution in [0.5, 0.6) is 5.75 Å². The smallest absolute Gasteiger partial charge is 0.259 e. The third-order valence-corrected chi connectivity index (χ3v) is 3.53. The number of amides is 1. The summed E-state index contributed by atoms with van der Waals surface area (Å²) in [6, 6.07) is 6.74. The minimum atomic E-state index is -0.678. The molecular weight excluding hydrogens is 286 g/mol. The molecule has 0 aromatic heterocycles. The molecule has 6 heteroatoms. The van der Waals surface area contributed by atoms with E-state index in [2.05, 4.69) is 5.92 Å². The number of rotatable bonds is 7. The zero-order valence-electron chi connectivity index (χ0n) is 12.8. The van der Waals surface area contributed by atoms with Gasteiger partial charge in [0.25, 0.3) is 5.91 Å². The summed E-state index contributed by atoms with van der Waals surface area (Å²) in [5.41, 5.74) is 0.713. The molecule has 1 aliphatic heterocycles. The first-order chi connectivity index (χ1) is 10.7. The first-order valence-electron chi connectivity index (χ1n) is 6.74. The molecule has 2 rings (SSSR count). The van der Waals surface area contributed by atoms with Crippen molar-refractivity contribution in [3.63, 3.8) is 0 Å². The van der Waals surface area contributed by atoms with Gasteiger partial charge in [0.2, 0.25) is 0 Å². The van der Waals surface area contributed by atoms with Crippen LogP contribution in [0.2, 0.25) is 0 Å². The van der Waals surface area contributed by atoms with Gasteiger partial charge in [-0.15, -0.1) is 6.42 Å². The van der Waals surface area contributed by atoms with Crippen molar-refractivity contribution in [2.45, 2.75) is 18.2 Å². The molecule has 22 heavy (non-hydrogen) atoms. The van der Waals surface area contributed by atoms with E-state index in [9.17, 15) is 4.79 Å². The summed E-state index contributed by atoms with van der Waals surface area (Å²) >= 11 is 0. The lowest BCUT2D eigenvalue weighted by Crippen LogP contribution is -2.70. The number of carbonyl (C=O) groups excluding carboxylic acids is 1. The van der Waals surface area contributed by atoms with E-state index in [0.717, 1.165) is 0 Å². The summed E-state index contributed by atoms with van der Waals surface area (Å²) in [7, 11) is 4.59. The standard InChI is InChI=1S/C16H19NO5/c1-5-13(21-4)14-15(22-10-19-2)16(18)17(14)11-6-8-12(20-3)9-7-11/h1,6-9,13-15H,10H2,2-4H3/t13-,14+,15-/m1/s1. The highest BCUT2D eigenvalue weighted by Gasteiger charge is 2.53. The highest BCUT2D eigenvalue weighted by atomic mass is 16.7. The molecule has 1 aliphatic rings. The molecule has 0 unspecified atom stereocenters. The lowest BCUT2D eigenvalue weighted by molar-refractivity contribution is -0.159. The second kappa shape index (κ2) is 7.27. The van der Waals surface area contributed by atoms with Gasteiger partial charge in [0.15, 0.2) is 6.10 Å². The summed E-state index contributed by atoms with van der Waals surface area (Å²) in [6.07, 6.45) is 4.25. The van der Waals surface area contributed by atoms with Gasteiger partial charge in [0, 0.05) is 19.9 Å². The van der Waals surface area contributed by atoms with Crippen LogP contribution in [0.1, 0.15) is 0 Å². The maximum Gasteiger partial charge on any atom is 0.259 e. The van der Waals surface area contributed by atoms with Crippen molar-refractivity contribution in [3.05, 3.63) is 24.3 Å². The molecule has 1 aromatic carbocycles. The zero-order chi connectivity index (χ0) is 16.1. The Bertz CT molecular complexity index is 551. The van der Waals surface area contributed by atoms with E-state index >= 15 is 0 Å². The van der Waals surface area contributed by atoms with E-state index in [1.54, 1.807) is 36.3 Å². The maximum atomic E-state index is 12.4. The average molecular weight is 305 g/mol. The lowest BCUT2D eigenvalue weighted by Gasteiger charge is -2.48. The molecule has 1 heterocycles. The highest BCUT2D eigenvalue weighted by molar-refractivity contribution is 6.05. The molecular formula is C16H19NO5. The van der Waals surface area contributed by atoms with Crippen molar-refractivity contribution in [3.8, 4) is 18.1 Å². The molecule has 1 amide bonds. The Balaban J connectivity index is 2.24. The third-order valence-electron chi connectivity index (χ3n) is 3.53. The maximum absolute atomic E-state index is 12.4. The van der Waals surface area contributed by atoms with Crippen LogP contribution in [0.4, 0.5) is 5.69 Å². The van der Waals surface area contributed by atoms with Crippen LogP contribution in [0.15, 0.2) is 24.3 Å². The number of carbonyl (C=O) groups is 1. The van der Waals surface area contributed by atoms with Crippen LogP contribution in [0, 0.1) is 12.3 Å². The van der Waals surface area contributed by atoms with Crippen molar-refractivity contribution < 1.29 is 23.7 Å². The Hall–Kier alpha value is -2.07. The second-order valence-corrected chi connectivity index (χ2v) is 4.71. The first-order valence-corrected chi connectivity index (χ1v) is 6.74. The number of benzene rings is 1. The van der Waals surface area contributed by atoms with Gasteiger partial charge in [0.05, 0.1) is 7.11 Å². The monoisotopic (exact) mass is 305 g/mol. The van der Waals surface area contributed by atoms with E-state index in [0.29, 0.717) is 11.4 Å². The Kier molecular flexibility index (Phi) is 5.39. The van der Waals surface area contributed by atoms with E-state index in [1.165, 1.54) is 14.2 Å². The molecule has 0 spiro atoms. The van der Waals surface area contributed by atoms with Gasteiger partial charge in [-0.1, -0.05) is 5.92 Å². The van der Waals surface area contributed by atoms with Crippen LogP contribution in [0.25, 0.3) is 0 Å². The molecule has 6 nitrogen and oxygen atoms in total. The third kappa shape index (κ3) is 2.92. The van der Waals surface area contributed by atoms with Crippen molar-refractivity contribution in [1.82, 2.24) is 0 Å². The molecule has 0 aliphatic carbocycles. The molecule has 1 fully saturated rings. The van der Waals surface area contributed by atoms with Gasteiger partial charge >= 0.3 is 0 Å². The number of anilines is 1. The first kappa shape index (κ1) is 16.3. The Morgan fingerprint density at radius 3 is 2.45 bits per heavy atom. The molecule has 3 atom stereocenters. The predicted octanol–water partition coefficient (Wildman–Crippen LogP) is 1.05. The summed E-state index contributed by atoms with van der Waals surface area (Å²) < 4.78 is 20.7. The van der Waals surface area contributed by atoms with Crippen molar-refractivity contribution in [2.24, 2.45) is 0 Å². The molecule has 118 valence electrons. The molecule has 0 N–H and O–H groups in total. The number of β-lactam (4-membered cyclic amide) rings is 1. The van der Waals surface area contributed by atoms with Crippen LogP contribution >= 0.6 is 0 Å². The van der Waals surface area contributed by atoms with Crippen LogP contribution in [-0.2, 0) is 19.0 Å². The number of terminal acetylenes is 1. The predicted molar refractivity (Wildman–Crippen MR) is 80.6 cm³/mol. The molecule has 0 radical (unpaired) electrons. The Morgan fingerprint density at radius 2 is 1.95 bits per heavy atom. The summed E-state index contributed by atoms with van der Waals surface area (Å²) in [4.78, 5) is 13.9. The van der Waals surface area contributed by atoms with E-state index in [4.69, 9.17) is 25.4 Å². The lowest BCUT2D eigenvalue weighted by atomic mass is 9.91. The van der Waals surface area contributed by atoms with Crippen LogP contribution in [0.3, 0.4) is 0 Å². The fourth-order valence-corrected chi connectivity index (χ4v) is 2.44. The fourth-order valence-electron chi connectivity index (χ4n) is 2.44. The minimum Gasteiger partial charge on any atom is -0.497 e. The number of hydrogen-bond donors (Lipinski definition) is 0. The largest absolute Gasteiger partial charge is 0.497 e. The molecule has 0 bridgehead atoms. The topological polar surface area (TPSA) is 57.2 Å². The SMILES string of the molecule is C#C[C@@H](OC)[C@H]1[C@@H](OCOC)C(=O)N1c1ccc(OC)cc1. The average Bonchev–Trinajstić information content (AvgIpc) is 2.56. The van der Waals surface area contributed by atoms with Crippen molar-refractivity contribution >= 4 is 11.6 Å². The van der Waals surface area contributed by atoms with Crippen molar-refractivity contribution in [1.29, 1.82) is 0 Å². The van der Waals surface area contributed by atoms with Gasteiger partial charge in [-0.3, -0.25) is 4.79 Å². The summed E-state index contributed by atoms with van der Waals surface area (Å²) in [6.45, 7) is 0.0182. The Labute approximate surface area is 129 Å². The Morgan fingerprint density at radius 1 is 1.27 bits per heavy atom. The van der Waals surface area contributed by atoms with Gasteiger partial charge in [0.1, 0.15) is 24.7 Å². The normalized spacial score (nSPS) is 21.9. The molecule has 0 saturated carbocycles. The summed E-state index contributed by atoms with van der Waals surface area (Å²) in [5, 5.41) is 0. The highest BCUT2D eigenvalue weighted by Crippen LogP contribution is 2.33. The fraction of sp³-hybridized carbons (Fsp3) is 0.438. The number of hydrogen-bond acceptors (Lipinski definition) is 5. The summed E-state index contributed by atoms with van der Waals surface area (Å²) in [5.74, 6) is 3.07.